The molecule has 2 aromatic rings. The average molecular weight is 405 g/mol. The van der Waals surface area contributed by atoms with Crippen LogP contribution >= 0.6 is 34.8 Å². The molecule has 1 aromatic carbocycles. The van der Waals surface area contributed by atoms with E-state index in [-0.39, 0.29) is 23.2 Å². The molecule has 0 fully saturated rings. The summed E-state index contributed by atoms with van der Waals surface area (Å²) < 4.78 is -1.84. The zero-order valence-electron chi connectivity index (χ0n) is 13.4. The van der Waals surface area contributed by atoms with Crippen molar-refractivity contribution in [2.24, 2.45) is 5.73 Å². The molecule has 0 radical (unpaired) electrons. The number of rotatable bonds is 5. The van der Waals surface area contributed by atoms with Gasteiger partial charge in [-0.3, -0.25) is 0 Å². The van der Waals surface area contributed by atoms with Gasteiger partial charge in [0.1, 0.15) is 0 Å². The molecule has 134 valence electrons. The minimum Gasteiger partial charge on any atom is -0.478 e. The number of halogens is 3. The standard InChI is InChI=1S/C15H16Cl3N5O2/c1-14(2,19)7-20-13-22-10(21-12(23-13)15(16,17)18)8-3-5-9(6-4-8)11(24)25/h3-6H,7,19H2,1-2H3,(H,24,25)(H,20,21,22,23). The van der Waals surface area contributed by atoms with Crippen molar-refractivity contribution in [3.05, 3.63) is 35.7 Å². The normalized spacial score (nSPS) is 12.1. The Morgan fingerprint density at radius 3 is 2.24 bits per heavy atom. The number of nitrogens with zero attached hydrogens (tertiary/aromatic N) is 3. The Bertz CT molecular complexity index is 770. The summed E-state index contributed by atoms with van der Waals surface area (Å²) in [4.78, 5) is 23.5. The molecule has 1 aromatic heterocycles. The van der Waals surface area contributed by atoms with Gasteiger partial charge in [-0.05, 0) is 26.0 Å². The first-order valence-electron chi connectivity index (χ1n) is 7.15. The summed E-state index contributed by atoms with van der Waals surface area (Å²) in [6.45, 7) is 4.05. The van der Waals surface area contributed by atoms with Gasteiger partial charge in [0.15, 0.2) is 11.6 Å². The maximum absolute atomic E-state index is 11.0. The molecular weight excluding hydrogens is 389 g/mol. The van der Waals surface area contributed by atoms with Gasteiger partial charge in [0.25, 0.3) is 0 Å². The second kappa shape index (κ2) is 7.29. The first kappa shape index (κ1) is 19.7. The quantitative estimate of drug-likeness (QED) is 0.655. The van der Waals surface area contributed by atoms with E-state index in [1.165, 1.54) is 12.1 Å². The highest BCUT2D eigenvalue weighted by Crippen LogP contribution is 2.36. The molecule has 0 unspecified atom stereocenters. The van der Waals surface area contributed by atoms with Gasteiger partial charge in [-0.25, -0.2) is 9.78 Å². The fourth-order valence-electron chi connectivity index (χ4n) is 1.78. The van der Waals surface area contributed by atoms with Gasteiger partial charge in [-0.15, -0.1) is 0 Å². The third kappa shape index (κ3) is 5.67. The fourth-order valence-corrected chi connectivity index (χ4v) is 2.03. The van der Waals surface area contributed by atoms with Crippen LogP contribution in [0.1, 0.15) is 30.0 Å². The van der Waals surface area contributed by atoms with E-state index >= 15 is 0 Å². The Morgan fingerprint density at radius 2 is 1.76 bits per heavy atom. The summed E-state index contributed by atoms with van der Waals surface area (Å²) in [7, 11) is 0. The Morgan fingerprint density at radius 1 is 1.16 bits per heavy atom. The highest BCUT2D eigenvalue weighted by atomic mass is 35.6. The van der Waals surface area contributed by atoms with E-state index in [0.717, 1.165) is 0 Å². The van der Waals surface area contributed by atoms with E-state index in [2.05, 4.69) is 20.3 Å². The first-order chi connectivity index (χ1) is 11.5. The maximum Gasteiger partial charge on any atom is 0.335 e. The van der Waals surface area contributed by atoms with Gasteiger partial charge >= 0.3 is 5.97 Å². The molecule has 4 N–H and O–H groups in total. The Balaban J connectivity index is 2.43. The lowest BCUT2D eigenvalue weighted by atomic mass is 10.1. The molecule has 0 saturated carbocycles. The maximum atomic E-state index is 11.0. The third-order valence-corrected chi connectivity index (χ3v) is 3.49. The number of hydrogen-bond donors (Lipinski definition) is 3. The third-order valence-electron chi connectivity index (χ3n) is 2.98. The van der Waals surface area contributed by atoms with Crippen LogP contribution in [-0.4, -0.2) is 38.1 Å². The van der Waals surface area contributed by atoms with Gasteiger partial charge < -0.3 is 16.2 Å². The predicted molar refractivity (Wildman–Crippen MR) is 98.2 cm³/mol. The number of nitrogens with two attached hydrogens (primary N) is 1. The van der Waals surface area contributed by atoms with E-state index in [1.54, 1.807) is 12.1 Å². The van der Waals surface area contributed by atoms with Crippen molar-refractivity contribution in [3.63, 3.8) is 0 Å². The summed E-state index contributed by atoms with van der Waals surface area (Å²) in [6, 6.07) is 6.01. The smallest absolute Gasteiger partial charge is 0.335 e. The lowest BCUT2D eigenvalue weighted by molar-refractivity contribution is 0.0697. The van der Waals surface area contributed by atoms with E-state index in [4.69, 9.17) is 45.6 Å². The molecule has 10 heteroatoms. The van der Waals surface area contributed by atoms with Crippen molar-refractivity contribution >= 4 is 46.7 Å². The second-order valence-corrected chi connectivity index (χ2v) is 8.31. The van der Waals surface area contributed by atoms with Gasteiger partial charge in [0.05, 0.1) is 5.56 Å². The molecule has 1 heterocycles. The van der Waals surface area contributed by atoms with Crippen molar-refractivity contribution in [3.8, 4) is 11.4 Å². The minimum absolute atomic E-state index is 0.0536. The summed E-state index contributed by atoms with van der Waals surface area (Å²) in [5, 5.41) is 12.0. The topological polar surface area (TPSA) is 114 Å². The number of aromatic carboxylic acids is 1. The zero-order chi connectivity index (χ0) is 18.8. The van der Waals surface area contributed by atoms with Crippen LogP contribution in [0.15, 0.2) is 24.3 Å². The van der Waals surface area contributed by atoms with Gasteiger partial charge in [0.2, 0.25) is 9.74 Å². The zero-order valence-corrected chi connectivity index (χ0v) is 15.7. The summed E-state index contributed by atoms with van der Waals surface area (Å²) in [5.74, 6) is -0.642. The number of carbonyl (C=O) groups is 1. The molecule has 0 bridgehead atoms. The Hall–Kier alpha value is -1.67. The monoisotopic (exact) mass is 403 g/mol. The van der Waals surface area contributed by atoms with Gasteiger partial charge in [-0.2, -0.15) is 9.97 Å². The van der Waals surface area contributed by atoms with E-state index in [1.807, 2.05) is 13.8 Å². The molecule has 0 aliphatic carbocycles. The van der Waals surface area contributed by atoms with Crippen molar-refractivity contribution in [1.29, 1.82) is 0 Å². The van der Waals surface area contributed by atoms with E-state index in [0.29, 0.717) is 12.1 Å². The summed E-state index contributed by atoms with van der Waals surface area (Å²) >= 11 is 17.7. The van der Waals surface area contributed by atoms with Crippen molar-refractivity contribution in [2.45, 2.75) is 23.2 Å². The molecule has 0 atom stereocenters. The van der Waals surface area contributed by atoms with Crippen LogP contribution in [0.3, 0.4) is 0 Å². The molecule has 0 aliphatic heterocycles. The molecule has 2 rings (SSSR count). The number of anilines is 1. The minimum atomic E-state index is -1.84. The second-order valence-electron chi connectivity index (χ2n) is 6.03. The highest BCUT2D eigenvalue weighted by Gasteiger charge is 2.28. The highest BCUT2D eigenvalue weighted by molar-refractivity contribution is 6.66. The van der Waals surface area contributed by atoms with Crippen LogP contribution in [0.25, 0.3) is 11.4 Å². The van der Waals surface area contributed by atoms with E-state index in [9.17, 15) is 4.79 Å². The summed E-state index contributed by atoms with van der Waals surface area (Å²) in [6.07, 6.45) is 0. The van der Waals surface area contributed by atoms with Crippen LogP contribution in [0.5, 0.6) is 0 Å². The molecule has 0 amide bonds. The van der Waals surface area contributed by atoms with Crippen molar-refractivity contribution in [1.82, 2.24) is 15.0 Å². The number of nitrogens with one attached hydrogen (secondary N) is 1. The number of aromatic nitrogens is 3. The average Bonchev–Trinajstić information content (AvgIpc) is 2.51. The van der Waals surface area contributed by atoms with Gasteiger partial charge in [-0.1, -0.05) is 46.9 Å². The number of alkyl halides is 3. The van der Waals surface area contributed by atoms with Crippen molar-refractivity contribution in [2.75, 3.05) is 11.9 Å². The first-order valence-corrected chi connectivity index (χ1v) is 8.29. The Kier molecular flexibility index (Phi) is 5.73. The number of carboxylic acids is 1. The van der Waals surface area contributed by atoms with E-state index < -0.39 is 15.3 Å². The summed E-state index contributed by atoms with van der Waals surface area (Å²) in [5.41, 5.74) is 6.12. The fraction of sp³-hybridized carbons (Fsp3) is 0.333. The van der Waals surface area contributed by atoms with Crippen LogP contribution in [-0.2, 0) is 3.79 Å². The van der Waals surface area contributed by atoms with Gasteiger partial charge in [0, 0.05) is 17.6 Å². The molecule has 0 saturated heterocycles. The molecule has 0 spiro atoms. The van der Waals surface area contributed by atoms with Crippen LogP contribution < -0.4 is 11.1 Å². The van der Waals surface area contributed by atoms with Crippen LogP contribution in [0, 0.1) is 0 Å². The van der Waals surface area contributed by atoms with Crippen LogP contribution in [0.2, 0.25) is 0 Å². The predicted octanol–water partition coefficient (Wildman–Crippen LogP) is 3.21. The molecule has 0 aliphatic rings. The lowest BCUT2D eigenvalue weighted by Crippen LogP contribution is -2.40. The molecular formula is C15H16Cl3N5O2. The number of hydrogen-bond acceptors (Lipinski definition) is 6. The SMILES string of the molecule is CC(C)(N)CNc1nc(-c2ccc(C(=O)O)cc2)nc(C(Cl)(Cl)Cl)n1. The van der Waals surface area contributed by atoms with Crippen molar-refractivity contribution < 1.29 is 9.90 Å². The number of carboxylic acid groups (broad SMARTS) is 1. The van der Waals surface area contributed by atoms with Crippen LogP contribution in [0.4, 0.5) is 5.95 Å². The Labute approximate surface area is 159 Å². The number of benzene rings is 1. The lowest BCUT2D eigenvalue weighted by Gasteiger charge is -2.20. The molecule has 25 heavy (non-hydrogen) atoms. The molecule has 7 nitrogen and oxygen atoms in total. The largest absolute Gasteiger partial charge is 0.478 e.